The number of likely N-dealkylation sites (tertiary alicyclic amines) is 2. The summed E-state index contributed by atoms with van der Waals surface area (Å²) in [5, 5.41) is 0. The number of hydrogen-bond donors (Lipinski definition) is 0. The Hall–Kier alpha value is -1.30. The number of carbonyl (C=O) groups excluding carboxylic acids is 2. The van der Waals surface area contributed by atoms with Crippen molar-refractivity contribution in [3.63, 3.8) is 0 Å². The van der Waals surface area contributed by atoms with Crippen molar-refractivity contribution in [1.82, 2.24) is 9.80 Å². The van der Waals surface area contributed by atoms with Crippen molar-refractivity contribution in [3.05, 3.63) is 0 Å². The molecule has 0 bridgehead atoms. The summed E-state index contributed by atoms with van der Waals surface area (Å²) in [6, 6.07) is 0. The van der Waals surface area contributed by atoms with E-state index in [4.69, 9.17) is 9.47 Å². The van der Waals surface area contributed by atoms with E-state index < -0.39 is 5.60 Å². The molecule has 0 saturated carbocycles. The van der Waals surface area contributed by atoms with Crippen molar-refractivity contribution in [2.24, 2.45) is 5.41 Å². The average Bonchev–Trinajstić information content (AvgIpc) is 3.22. The molecule has 26 heavy (non-hydrogen) atoms. The van der Waals surface area contributed by atoms with Crippen LogP contribution in [0, 0.1) is 5.41 Å². The molecule has 3 saturated heterocycles. The van der Waals surface area contributed by atoms with Crippen molar-refractivity contribution in [1.29, 1.82) is 0 Å². The van der Waals surface area contributed by atoms with Crippen molar-refractivity contribution in [2.75, 3.05) is 32.8 Å². The molecule has 0 aromatic rings. The van der Waals surface area contributed by atoms with Crippen LogP contribution in [0.5, 0.6) is 0 Å². The molecule has 0 aromatic heterocycles. The van der Waals surface area contributed by atoms with Crippen LogP contribution in [0.25, 0.3) is 0 Å². The lowest BCUT2D eigenvalue weighted by atomic mass is 9.77. The zero-order valence-electron chi connectivity index (χ0n) is 16.6. The van der Waals surface area contributed by atoms with Gasteiger partial charge in [-0.2, -0.15) is 0 Å². The smallest absolute Gasteiger partial charge is 0.410 e. The van der Waals surface area contributed by atoms with Gasteiger partial charge in [-0.05, 0) is 64.7 Å². The molecule has 3 aliphatic rings. The molecule has 0 N–H and O–H groups in total. The van der Waals surface area contributed by atoms with Crippen molar-refractivity contribution >= 4 is 12.0 Å². The van der Waals surface area contributed by atoms with Gasteiger partial charge in [0.05, 0.1) is 6.10 Å². The average molecular weight is 367 g/mol. The maximum Gasteiger partial charge on any atom is 0.410 e. The minimum absolute atomic E-state index is 0.169. The predicted octanol–water partition coefficient (Wildman–Crippen LogP) is 3.20. The van der Waals surface area contributed by atoms with Gasteiger partial charge >= 0.3 is 6.09 Å². The summed E-state index contributed by atoms with van der Waals surface area (Å²) >= 11 is 0. The van der Waals surface area contributed by atoms with Crippen LogP contribution < -0.4 is 0 Å². The highest BCUT2D eigenvalue weighted by atomic mass is 16.6. The number of piperidine rings is 1. The zero-order valence-corrected chi connectivity index (χ0v) is 16.6. The molecule has 1 spiro atoms. The van der Waals surface area contributed by atoms with Crippen LogP contribution >= 0.6 is 0 Å². The van der Waals surface area contributed by atoms with Crippen LogP contribution in [0.1, 0.15) is 65.7 Å². The van der Waals surface area contributed by atoms with Crippen LogP contribution in [0.2, 0.25) is 0 Å². The highest BCUT2D eigenvalue weighted by Gasteiger charge is 2.43. The minimum Gasteiger partial charge on any atom is -0.444 e. The van der Waals surface area contributed by atoms with Gasteiger partial charge in [0.1, 0.15) is 5.60 Å². The molecule has 3 fully saturated rings. The summed E-state index contributed by atoms with van der Waals surface area (Å²) in [6.07, 6.45) is 6.74. The number of amides is 2. The molecule has 0 radical (unpaired) electrons. The van der Waals surface area contributed by atoms with E-state index in [9.17, 15) is 9.59 Å². The SMILES string of the molecule is CC(C)(C)OC(=O)N1CCC2(CCN(C(=O)CC[C@@H]3CCCO3)CC2)C1. The van der Waals surface area contributed by atoms with Gasteiger partial charge in [-0.15, -0.1) is 0 Å². The number of rotatable bonds is 3. The van der Waals surface area contributed by atoms with Crippen LogP contribution in [0.4, 0.5) is 4.79 Å². The third-order valence-electron chi connectivity index (χ3n) is 5.97. The Bertz CT molecular complexity index is 514. The van der Waals surface area contributed by atoms with E-state index in [1.165, 1.54) is 0 Å². The first-order valence-corrected chi connectivity index (χ1v) is 10.1. The van der Waals surface area contributed by atoms with E-state index in [-0.39, 0.29) is 23.5 Å². The second-order valence-corrected chi connectivity index (χ2v) is 9.21. The summed E-state index contributed by atoms with van der Waals surface area (Å²) in [4.78, 5) is 28.6. The fourth-order valence-corrected chi connectivity index (χ4v) is 4.37. The number of carbonyl (C=O) groups is 2. The third kappa shape index (κ3) is 4.90. The largest absolute Gasteiger partial charge is 0.444 e. The number of hydrogen-bond acceptors (Lipinski definition) is 4. The van der Waals surface area contributed by atoms with E-state index in [2.05, 4.69) is 0 Å². The quantitative estimate of drug-likeness (QED) is 0.770. The summed E-state index contributed by atoms with van der Waals surface area (Å²) < 4.78 is 11.1. The first-order valence-electron chi connectivity index (χ1n) is 10.1. The fourth-order valence-electron chi connectivity index (χ4n) is 4.37. The van der Waals surface area contributed by atoms with Crippen LogP contribution in [0.15, 0.2) is 0 Å². The van der Waals surface area contributed by atoms with E-state index in [0.717, 1.165) is 71.3 Å². The van der Waals surface area contributed by atoms with E-state index in [0.29, 0.717) is 6.42 Å². The Morgan fingerprint density at radius 3 is 2.35 bits per heavy atom. The van der Waals surface area contributed by atoms with Gasteiger partial charge in [0, 0.05) is 39.2 Å². The standard InChI is InChI=1S/C20H34N2O4/c1-19(2,3)26-18(24)22-13-10-20(15-22)8-11-21(12-9-20)17(23)7-6-16-5-4-14-25-16/h16H,4-15H2,1-3H3/t16-/m0/s1. The topological polar surface area (TPSA) is 59.1 Å². The molecule has 6 heteroatoms. The summed E-state index contributed by atoms with van der Waals surface area (Å²) in [6.45, 7) is 9.70. The Balaban J connectivity index is 1.43. The van der Waals surface area contributed by atoms with Gasteiger partial charge in [-0.3, -0.25) is 4.79 Å². The van der Waals surface area contributed by atoms with Gasteiger partial charge < -0.3 is 19.3 Å². The van der Waals surface area contributed by atoms with Gasteiger partial charge in [-0.25, -0.2) is 4.79 Å². The van der Waals surface area contributed by atoms with Gasteiger partial charge in [0.25, 0.3) is 0 Å². The monoisotopic (exact) mass is 366 g/mol. The molecule has 3 rings (SSSR count). The first kappa shape index (κ1) is 19.5. The highest BCUT2D eigenvalue weighted by Crippen LogP contribution is 2.41. The lowest BCUT2D eigenvalue weighted by molar-refractivity contribution is -0.134. The van der Waals surface area contributed by atoms with E-state index >= 15 is 0 Å². The second kappa shape index (κ2) is 7.75. The molecule has 3 aliphatic heterocycles. The molecule has 3 heterocycles. The Morgan fingerprint density at radius 2 is 1.77 bits per heavy atom. The zero-order chi connectivity index (χ0) is 18.8. The van der Waals surface area contributed by atoms with Crippen molar-refractivity contribution in [2.45, 2.75) is 77.4 Å². The molecular weight excluding hydrogens is 332 g/mol. The molecular formula is C20H34N2O4. The minimum atomic E-state index is -0.453. The molecule has 0 aliphatic carbocycles. The molecule has 0 unspecified atom stereocenters. The lowest BCUT2D eigenvalue weighted by Crippen LogP contribution is -2.45. The van der Waals surface area contributed by atoms with Crippen molar-refractivity contribution in [3.8, 4) is 0 Å². The molecule has 0 aromatic carbocycles. The maximum atomic E-state index is 12.5. The highest BCUT2D eigenvalue weighted by molar-refractivity contribution is 5.76. The van der Waals surface area contributed by atoms with Crippen molar-refractivity contribution < 1.29 is 19.1 Å². The molecule has 148 valence electrons. The molecule has 6 nitrogen and oxygen atoms in total. The van der Waals surface area contributed by atoms with Crippen LogP contribution in [0.3, 0.4) is 0 Å². The second-order valence-electron chi connectivity index (χ2n) is 9.21. The van der Waals surface area contributed by atoms with E-state index in [1.54, 1.807) is 0 Å². The fraction of sp³-hybridized carbons (Fsp3) is 0.900. The van der Waals surface area contributed by atoms with Gasteiger partial charge in [0.2, 0.25) is 5.91 Å². The molecule has 1 atom stereocenters. The summed E-state index contributed by atoms with van der Waals surface area (Å²) in [7, 11) is 0. The van der Waals surface area contributed by atoms with Crippen LogP contribution in [-0.4, -0.2) is 66.3 Å². The Kier molecular flexibility index (Phi) is 5.80. The predicted molar refractivity (Wildman–Crippen MR) is 98.9 cm³/mol. The third-order valence-corrected chi connectivity index (χ3v) is 5.97. The lowest BCUT2D eigenvalue weighted by Gasteiger charge is -2.39. The van der Waals surface area contributed by atoms with Gasteiger partial charge in [0.15, 0.2) is 0 Å². The maximum absolute atomic E-state index is 12.5. The summed E-state index contributed by atoms with van der Waals surface area (Å²) in [5.74, 6) is 0.261. The number of ether oxygens (including phenoxy) is 2. The molecule has 2 amide bonds. The normalized spacial score (nSPS) is 25.7. The summed E-state index contributed by atoms with van der Waals surface area (Å²) in [5.41, 5.74) is -0.284. The van der Waals surface area contributed by atoms with Crippen LogP contribution in [-0.2, 0) is 14.3 Å². The number of nitrogens with zero attached hydrogens (tertiary/aromatic N) is 2. The Morgan fingerprint density at radius 1 is 1.12 bits per heavy atom. The Labute approximate surface area is 157 Å². The van der Waals surface area contributed by atoms with E-state index in [1.807, 2.05) is 30.6 Å². The van der Waals surface area contributed by atoms with Gasteiger partial charge in [-0.1, -0.05) is 0 Å². The first-order chi connectivity index (χ1) is 12.3.